The molecule has 0 fully saturated rings. The SMILES string of the molecule is Cc1csc(C2=C(c3cc(F)c(S(N)(=O)=O)cc3F)COC2=O)n1. The number of nitrogens with two attached hydrogens (primary N) is 1. The van der Waals surface area contributed by atoms with Crippen LogP contribution in [0.1, 0.15) is 16.3 Å². The third-order valence-corrected chi connectivity index (χ3v) is 5.24. The molecule has 2 aromatic rings. The summed E-state index contributed by atoms with van der Waals surface area (Å²) in [6.07, 6.45) is 0. The Hall–Kier alpha value is -2.17. The molecule has 24 heavy (non-hydrogen) atoms. The number of aromatic nitrogens is 1. The van der Waals surface area contributed by atoms with Gasteiger partial charge in [-0.1, -0.05) is 0 Å². The quantitative estimate of drug-likeness (QED) is 0.829. The lowest BCUT2D eigenvalue weighted by atomic mass is 10.0. The highest BCUT2D eigenvalue weighted by Crippen LogP contribution is 2.36. The molecular formula is C14H10F2N2O4S2. The van der Waals surface area contributed by atoms with Gasteiger partial charge in [0.1, 0.15) is 33.7 Å². The lowest BCUT2D eigenvalue weighted by Gasteiger charge is -2.08. The Kier molecular flexibility index (Phi) is 3.98. The average molecular weight is 372 g/mol. The van der Waals surface area contributed by atoms with E-state index in [4.69, 9.17) is 9.88 Å². The molecule has 2 N–H and O–H groups in total. The summed E-state index contributed by atoms with van der Waals surface area (Å²) < 4.78 is 55.8. The third kappa shape index (κ3) is 2.83. The molecule has 1 aromatic heterocycles. The first-order valence-corrected chi connectivity index (χ1v) is 8.96. The number of benzene rings is 1. The van der Waals surface area contributed by atoms with Gasteiger partial charge in [-0.25, -0.2) is 32.1 Å². The van der Waals surface area contributed by atoms with E-state index >= 15 is 0 Å². The first kappa shape index (κ1) is 16.7. The molecule has 0 bridgehead atoms. The maximum Gasteiger partial charge on any atom is 0.341 e. The number of carbonyl (C=O) groups excluding carboxylic acids is 1. The normalized spacial score (nSPS) is 15.1. The van der Waals surface area contributed by atoms with Crippen LogP contribution in [-0.4, -0.2) is 26.0 Å². The topological polar surface area (TPSA) is 99.4 Å². The monoisotopic (exact) mass is 372 g/mol. The van der Waals surface area contributed by atoms with E-state index in [1.807, 2.05) is 0 Å². The Morgan fingerprint density at radius 3 is 2.58 bits per heavy atom. The van der Waals surface area contributed by atoms with Gasteiger partial charge in [0.25, 0.3) is 0 Å². The van der Waals surface area contributed by atoms with Crippen LogP contribution in [0.15, 0.2) is 22.4 Å². The van der Waals surface area contributed by atoms with Crippen LogP contribution in [0.5, 0.6) is 0 Å². The fraction of sp³-hybridized carbons (Fsp3) is 0.143. The van der Waals surface area contributed by atoms with Crippen molar-refractivity contribution in [3.63, 3.8) is 0 Å². The van der Waals surface area contributed by atoms with Crippen LogP contribution in [0, 0.1) is 18.6 Å². The number of aryl methyl sites for hydroxylation is 1. The van der Waals surface area contributed by atoms with Crippen molar-refractivity contribution < 1.29 is 26.7 Å². The number of sulfonamides is 1. The van der Waals surface area contributed by atoms with Crippen LogP contribution in [0.3, 0.4) is 0 Å². The van der Waals surface area contributed by atoms with Crippen LogP contribution in [0.2, 0.25) is 0 Å². The first-order chi connectivity index (χ1) is 11.2. The molecule has 6 nitrogen and oxygen atoms in total. The number of primary sulfonamides is 1. The molecular weight excluding hydrogens is 362 g/mol. The number of ether oxygens (including phenoxy) is 1. The molecule has 0 atom stereocenters. The summed E-state index contributed by atoms with van der Waals surface area (Å²) in [5, 5.41) is 6.86. The zero-order chi connectivity index (χ0) is 17.6. The Balaban J connectivity index is 2.22. The van der Waals surface area contributed by atoms with Crippen molar-refractivity contribution in [3.8, 4) is 0 Å². The minimum atomic E-state index is -4.41. The summed E-state index contributed by atoms with van der Waals surface area (Å²) in [6.45, 7) is 1.46. The van der Waals surface area contributed by atoms with Crippen molar-refractivity contribution in [2.24, 2.45) is 5.14 Å². The fourth-order valence-electron chi connectivity index (χ4n) is 2.28. The molecule has 1 aliphatic heterocycles. The van der Waals surface area contributed by atoms with Crippen LogP contribution in [0.4, 0.5) is 8.78 Å². The zero-order valence-electron chi connectivity index (χ0n) is 12.2. The van der Waals surface area contributed by atoms with Gasteiger partial charge in [0.2, 0.25) is 10.0 Å². The lowest BCUT2D eigenvalue weighted by molar-refractivity contribution is -0.133. The summed E-state index contributed by atoms with van der Waals surface area (Å²) in [7, 11) is -4.41. The standard InChI is InChI=1S/C14H10F2N2O4S2/c1-6-5-23-13(18-6)12-8(4-22-14(12)19)7-2-10(16)11(3-9(7)15)24(17,20)21/h2-3,5H,4H2,1H3,(H2,17,20,21). The maximum absolute atomic E-state index is 14.3. The van der Waals surface area contributed by atoms with Crippen LogP contribution >= 0.6 is 11.3 Å². The Bertz CT molecular complexity index is 996. The number of rotatable bonds is 3. The maximum atomic E-state index is 14.3. The smallest absolute Gasteiger partial charge is 0.341 e. The summed E-state index contributed by atoms with van der Waals surface area (Å²) in [6, 6.07) is 1.17. The second-order valence-corrected chi connectivity index (χ2v) is 7.42. The largest absolute Gasteiger partial charge is 0.457 e. The van der Waals surface area contributed by atoms with Gasteiger partial charge < -0.3 is 4.74 Å². The van der Waals surface area contributed by atoms with Crippen LogP contribution in [-0.2, 0) is 19.6 Å². The molecule has 0 saturated heterocycles. The third-order valence-electron chi connectivity index (χ3n) is 3.34. The van der Waals surface area contributed by atoms with E-state index in [2.05, 4.69) is 4.98 Å². The number of carbonyl (C=O) groups is 1. The molecule has 0 unspecified atom stereocenters. The molecule has 0 saturated carbocycles. The first-order valence-electron chi connectivity index (χ1n) is 6.53. The molecule has 0 amide bonds. The number of halogens is 2. The number of hydrogen-bond donors (Lipinski definition) is 1. The Morgan fingerprint density at radius 1 is 1.29 bits per heavy atom. The average Bonchev–Trinajstić information content (AvgIpc) is 3.05. The molecule has 126 valence electrons. The van der Waals surface area contributed by atoms with Gasteiger partial charge in [-0.05, 0) is 19.1 Å². The summed E-state index contributed by atoms with van der Waals surface area (Å²) in [5.41, 5.74) is 0.535. The van der Waals surface area contributed by atoms with Crippen molar-refractivity contribution in [2.75, 3.05) is 6.61 Å². The van der Waals surface area contributed by atoms with Crippen molar-refractivity contribution in [1.82, 2.24) is 4.98 Å². The van der Waals surface area contributed by atoms with Crippen molar-refractivity contribution >= 4 is 38.5 Å². The van der Waals surface area contributed by atoms with Gasteiger partial charge in [-0.2, -0.15) is 0 Å². The van der Waals surface area contributed by atoms with E-state index in [1.54, 1.807) is 12.3 Å². The predicted molar refractivity (Wildman–Crippen MR) is 82.4 cm³/mol. The van der Waals surface area contributed by atoms with Crippen molar-refractivity contribution in [1.29, 1.82) is 0 Å². The summed E-state index contributed by atoms with van der Waals surface area (Å²) in [4.78, 5) is 15.1. The molecule has 0 radical (unpaired) electrons. The predicted octanol–water partition coefficient (Wildman–Crippen LogP) is 1.84. The number of hydrogen-bond acceptors (Lipinski definition) is 6. The van der Waals surface area contributed by atoms with E-state index in [9.17, 15) is 22.0 Å². The van der Waals surface area contributed by atoms with Crippen LogP contribution in [0.25, 0.3) is 11.1 Å². The fourth-order valence-corrected chi connectivity index (χ4v) is 3.74. The van der Waals surface area contributed by atoms with E-state index < -0.39 is 32.5 Å². The van der Waals surface area contributed by atoms with E-state index in [0.29, 0.717) is 22.8 Å². The van der Waals surface area contributed by atoms with Gasteiger partial charge in [-0.3, -0.25) is 0 Å². The van der Waals surface area contributed by atoms with E-state index in [0.717, 1.165) is 11.3 Å². The Labute approximate surface area is 139 Å². The minimum Gasteiger partial charge on any atom is -0.457 e. The Morgan fingerprint density at radius 2 is 2.00 bits per heavy atom. The molecule has 1 aromatic carbocycles. The van der Waals surface area contributed by atoms with Gasteiger partial charge in [0.05, 0.1) is 0 Å². The van der Waals surface area contributed by atoms with Gasteiger partial charge in [-0.15, -0.1) is 11.3 Å². The molecule has 0 spiro atoms. The number of nitrogens with zero attached hydrogens (tertiary/aromatic N) is 1. The van der Waals surface area contributed by atoms with Gasteiger partial charge >= 0.3 is 5.97 Å². The molecule has 3 rings (SSSR count). The highest BCUT2D eigenvalue weighted by atomic mass is 32.2. The van der Waals surface area contributed by atoms with Crippen molar-refractivity contribution in [3.05, 3.63) is 45.4 Å². The van der Waals surface area contributed by atoms with E-state index in [1.165, 1.54) is 0 Å². The van der Waals surface area contributed by atoms with Gasteiger partial charge in [0, 0.05) is 22.2 Å². The molecule has 0 aliphatic carbocycles. The number of cyclic esters (lactones) is 1. The van der Waals surface area contributed by atoms with Gasteiger partial charge in [0.15, 0.2) is 0 Å². The number of esters is 1. The summed E-state index contributed by atoms with van der Waals surface area (Å²) in [5.74, 6) is -2.94. The number of thiazole rings is 1. The molecule has 10 heteroatoms. The second kappa shape index (κ2) is 5.72. The highest BCUT2D eigenvalue weighted by Gasteiger charge is 2.32. The minimum absolute atomic E-state index is 0.0368. The molecule has 2 heterocycles. The highest BCUT2D eigenvalue weighted by molar-refractivity contribution is 7.89. The lowest BCUT2D eigenvalue weighted by Crippen LogP contribution is -2.15. The van der Waals surface area contributed by atoms with Crippen LogP contribution < -0.4 is 5.14 Å². The van der Waals surface area contributed by atoms with Crippen molar-refractivity contribution in [2.45, 2.75) is 11.8 Å². The molecule has 1 aliphatic rings. The van der Waals surface area contributed by atoms with E-state index in [-0.39, 0.29) is 23.3 Å². The second-order valence-electron chi connectivity index (χ2n) is 5.03. The summed E-state index contributed by atoms with van der Waals surface area (Å²) >= 11 is 1.16. The zero-order valence-corrected chi connectivity index (χ0v) is 13.8.